The van der Waals surface area contributed by atoms with E-state index in [1.165, 1.54) is 15.3 Å². The van der Waals surface area contributed by atoms with Crippen molar-refractivity contribution in [3.05, 3.63) is 21.4 Å². The number of thiophene rings is 1. The van der Waals surface area contributed by atoms with Gasteiger partial charge >= 0.3 is 0 Å². The Labute approximate surface area is 107 Å². The number of hydrogen-bond acceptors (Lipinski definition) is 4. The molecule has 0 aliphatic carbocycles. The fraction of sp³-hybridized carbons (Fsp3) is 0.692. The lowest BCUT2D eigenvalue weighted by Gasteiger charge is -2.21. The van der Waals surface area contributed by atoms with Gasteiger partial charge in [0.1, 0.15) is 0 Å². The Morgan fingerprint density at radius 3 is 2.88 bits per heavy atom. The van der Waals surface area contributed by atoms with Crippen LogP contribution in [0.4, 0.5) is 0 Å². The van der Waals surface area contributed by atoms with E-state index in [0.29, 0.717) is 12.5 Å². The lowest BCUT2D eigenvalue weighted by Crippen LogP contribution is -2.20. The van der Waals surface area contributed by atoms with Crippen molar-refractivity contribution in [2.75, 3.05) is 19.8 Å². The van der Waals surface area contributed by atoms with Gasteiger partial charge in [-0.2, -0.15) is 0 Å². The molecule has 1 saturated heterocycles. The van der Waals surface area contributed by atoms with Crippen molar-refractivity contribution < 1.29 is 9.47 Å². The monoisotopic (exact) mass is 255 g/mol. The third-order valence-corrected chi connectivity index (χ3v) is 4.34. The van der Waals surface area contributed by atoms with Gasteiger partial charge in [0.15, 0.2) is 0 Å². The van der Waals surface area contributed by atoms with Crippen LogP contribution in [-0.4, -0.2) is 19.8 Å². The summed E-state index contributed by atoms with van der Waals surface area (Å²) >= 11 is 1.78. The van der Waals surface area contributed by atoms with Crippen LogP contribution in [0, 0.1) is 12.8 Å². The number of aryl methyl sites for hydroxylation is 1. The average Bonchev–Trinajstić information content (AvgIpc) is 2.72. The molecule has 0 unspecified atom stereocenters. The number of ether oxygens (including phenoxy) is 2. The van der Waals surface area contributed by atoms with Crippen LogP contribution in [0.2, 0.25) is 0 Å². The van der Waals surface area contributed by atoms with Crippen LogP contribution in [0.1, 0.15) is 28.2 Å². The zero-order chi connectivity index (χ0) is 12.1. The predicted molar refractivity (Wildman–Crippen MR) is 70.1 cm³/mol. The maximum absolute atomic E-state index is 5.81. The Morgan fingerprint density at radius 1 is 1.47 bits per heavy atom. The minimum Gasteiger partial charge on any atom is -0.381 e. The zero-order valence-electron chi connectivity index (χ0n) is 10.4. The summed E-state index contributed by atoms with van der Waals surface area (Å²) in [6.07, 6.45) is 2.27. The molecule has 0 aromatic carbocycles. The van der Waals surface area contributed by atoms with E-state index >= 15 is 0 Å². The van der Waals surface area contributed by atoms with Crippen molar-refractivity contribution >= 4 is 11.3 Å². The first-order chi connectivity index (χ1) is 8.29. The van der Waals surface area contributed by atoms with Gasteiger partial charge < -0.3 is 15.2 Å². The van der Waals surface area contributed by atoms with E-state index in [1.54, 1.807) is 11.3 Å². The van der Waals surface area contributed by atoms with E-state index in [4.69, 9.17) is 15.2 Å². The highest BCUT2D eigenvalue weighted by Gasteiger charge is 2.14. The average molecular weight is 255 g/mol. The van der Waals surface area contributed by atoms with Crippen molar-refractivity contribution in [1.82, 2.24) is 0 Å². The molecule has 17 heavy (non-hydrogen) atoms. The Balaban J connectivity index is 1.75. The molecule has 0 bridgehead atoms. The summed E-state index contributed by atoms with van der Waals surface area (Å²) in [4.78, 5) is 2.57. The summed E-state index contributed by atoms with van der Waals surface area (Å²) < 4.78 is 11.1. The summed E-state index contributed by atoms with van der Waals surface area (Å²) in [6.45, 7) is 6.13. The van der Waals surface area contributed by atoms with Gasteiger partial charge in [0, 0.05) is 29.5 Å². The van der Waals surface area contributed by atoms with Gasteiger partial charge in [-0.05, 0) is 37.3 Å². The lowest BCUT2D eigenvalue weighted by atomic mass is 10.0. The molecule has 0 saturated carbocycles. The van der Waals surface area contributed by atoms with Crippen LogP contribution in [0.3, 0.4) is 0 Å². The number of nitrogens with two attached hydrogens (primary N) is 1. The SMILES string of the molecule is Cc1sc(CN)cc1COCC1CCOCC1. The van der Waals surface area contributed by atoms with Crippen LogP contribution in [0.5, 0.6) is 0 Å². The minimum absolute atomic E-state index is 0.630. The highest BCUT2D eigenvalue weighted by Crippen LogP contribution is 2.22. The first kappa shape index (κ1) is 13.0. The van der Waals surface area contributed by atoms with Crippen LogP contribution in [0.25, 0.3) is 0 Å². The highest BCUT2D eigenvalue weighted by molar-refractivity contribution is 7.12. The van der Waals surface area contributed by atoms with Crippen molar-refractivity contribution in [3.63, 3.8) is 0 Å². The predicted octanol–water partition coefficient (Wildman–Crippen LogP) is 2.46. The summed E-state index contributed by atoms with van der Waals surface area (Å²) in [6, 6.07) is 2.17. The fourth-order valence-electron chi connectivity index (χ4n) is 2.08. The third-order valence-electron chi connectivity index (χ3n) is 3.22. The van der Waals surface area contributed by atoms with Gasteiger partial charge in [-0.1, -0.05) is 0 Å². The molecule has 1 aliphatic rings. The largest absolute Gasteiger partial charge is 0.381 e. The second-order valence-corrected chi connectivity index (χ2v) is 5.91. The smallest absolute Gasteiger partial charge is 0.0727 e. The van der Waals surface area contributed by atoms with Crippen molar-refractivity contribution in [2.45, 2.75) is 32.9 Å². The molecular weight excluding hydrogens is 234 g/mol. The van der Waals surface area contributed by atoms with Gasteiger partial charge in [-0.3, -0.25) is 0 Å². The molecule has 4 heteroatoms. The molecule has 2 N–H and O–H groups in total. The molecule has 0 spiro atoms. The number of rotatable bonds is 5. The molecule has 2 heterocycles. The summed E-state index contributed by atoms with van der Waals surface area (Å²) in [5, 5.41) is 0. The topological polar surface area (TPSA) is 44.5 Å². The van der Waals surface area contributed by atoms with E-state index in [2.05, 4.69) is 13.0 Å². The van der Waals surface area contributed by atoms with E-state index in [-0.39, 0.29) is 0 Å². The molecule has 0 atom stereocenters. The fourth-order valence-corrected chi connectivity index (χ4v) is 3.01. The molecule has 0 amide bonds. The normalized spacial score (nSPS) is 17.5. The van der Waals surface area contributed by atoms with Gasteiger partial charge in [-0.15, -0.1) is 11.3 Å². The van der Waals surface area contributed by atoms with Crippen LogP contribution >= 0.6 is 11.3 Å². The quantitative estimate of drug-likeness (QED) is 0.879. The second-order valence-electron chi connectivity index (χ2n) is 4.57. The molecule has 1 aromatic rings. The highest BCUT2D eigenvalue weighted by atomic mass is 32.1. The number of hydrogen-bond donors (Lipinski definition) is 1. The molecule has 1 fully saturated rings. The Morgan fingerprint density at radius 2 is 2.24 bits per heavy atom. The van der Waals surface area contributed by atoms with Gasteiger partial charge in [0.2, 0.25) is 0 Å². The Kier molecular flexibility index (Phi) is 4.98. The van der Waals surface area contributed by atoms with Gasteiger partial charge in [-0.25, -0.2) is 0 Å². The zero-order valence-corrected chi connectivity index (χ0v) is 11.2. The van der Waals surface area contributed by atoms with E-state index < -0.39 is 0 Å². The van der Waals surface area contributed by atoms with E-state index in [0.717, 1.165) is 39.3 Å². The third kappa shape index (κ3) is 3.78. The summed E-state index contributed by atoms with van der Waals surface area (Å²) in [7, 11) is 0. The second kappa shape index (κ2) is 6.50. The summed E-state index contributed by atoms with van der Waals surface area (Å²) in [5.41, 5.74) is 6.93. The van der Waals surface area contributed by atoms with Crippen molar-refractivity contribution in [3.8, 4) is 0 Å². The van der Waals surface area contributed by atoms with E-state index in [1.807, 2.05) is 0 Å². The maximum Gasteiger partial charge on any atom is 0.0727 e. The Bertz CT molecular complexity index is 345. The van der Waals surface area contributed by atoms with Crippen LogP contribution in [0.15, 0.2) is 6.07 Å². The van der Waals surface area contributed by atoms with Gasteiger partial charge in [0.25, 0.3) is 0 Å². The lowest BCUT2D eigenvalue weighted by molar-refractivity contribution is 0.0157. The molecular formula is C13H21NO2S. The van der Waals surface area contributed by atoms with Crippen LogP contribution < -0.4 is 5.73 Å². The molecule has 1 aliphatic heterocycles. The van der Waals surface area contributed by atoms with Crippen LogP contribution in [-0.2, 0) is 22.6 Å². The Hall–Kier alpha value is -0.420. The first-order valence-electron chi connectivity index (χ1n) is 6.23. The molecule has 96 valence electrons. The first-order valence-corrected chi connectivity index (χ1v) is 7.05. The molecule has 1 aromatic heterocycles. The molecule has 3 nitrogen and oxygen atoms in total. The van der Waals surface area contributed by atoms with E-state index in [9.17, 15) is 0 Å². The molecule has 2 rings (SSSR count). The summed E-state index contributed by atoms with van der Waals surface area (Å²) in [5.74, 6) is 0.677. The minimum atomic E-state index is 0.630. The molecule has 0 radical (unpaired) electrons. The van der Waals surface area contributed by atoms with Crippen molar-refractivity contribution in [1.29, 1.82) is 0 Å². The van der Waals surface area contributed by atoms with Crippen molar-refractivity contribution in [2.24, 2.45) is 11.7 Å². The van der Waals surface area contributed by atoms with Gasteiger partial charge in [0.05, 0.1) is 13.2 Å². The maximum atomic E-state index is 5.81. The standard InChI is InChI=1S/C13H21NO2S/c1-10-12(6-13(7-14)17-10)9-16-8-11-2-4-15-5-3-11/h6,11H,2-5,7-9,14H2,1H3.